The Labute approximate surface area is 97.0 Å². The maximum atomic E-state index is 5.62. The van der Waals surface area contributed by atoms with Crippen LogP contribution in [0.4, 0.5) is 0 Å². The van der Waals surface area contributed by atoms with Gasteiger partial charge < -0.3 is 5.73 Å². The molecule has 2 unspecified atom stereocenters. The van der Waals surface area contributed by atoms with E-state index in [1.54, 1.807) is 0 Å². The summed E-state index contributed by atoms with van der Waals surface area (Å²) >= 11 is 2.62. The minimum Gasteiger partial charge on any atom is -0.330 e. The van der Waals surface area contributed by atoms with Crippen molar-refractivity contribution < 1.29 is 0 Å². The number of halogens is 1. The molecule has 0 heterocycles. The summed E-state index contributed by atoms with van der Waals surface area (Å²) in [5, 5.41) is 0. The number of nitrogens with two attached hydrogens (primary N) is 1. The van der Waals surface area contributed by atoms with Crippen LogP contribution in [0.25, 0.3) is 0 Å². The zero-order chi connectivity index (χ0) is 10.1. The Bertz CT molecular complexity index is 100. The van der Waals surface area contributed by atoms with E-state index < -0.39 is 0 Å². The van der Waals surface area contributed by atoms with Crippen molar-refractivity contribution in [2.24, 2.45) is 11.7 Å². The van der Waals surface area contributed by atoms with Crippen molar-refractivity contribution in [3.8, 4) is 0 Å². The molecule has 0 aromatic carbocycles. The molecule has 0 amide bonds. The van der Waals surface area contributed by atoms with Crippen LogP contribution in [-0.2, 0) is 0 Å². The average Bonchev–Trinajstić information content (AvgIpc) is 2.14. The maximum absolute atomic E-state index is 5.62. The van der Waals surface area contributed by atoms with Gasteiger partial charge >= 0.3 is 0 Å². The third-order valence-electron chi connectivity index (χ3n) is 2.54. The normalized spacial score (nSPS) is 15.7. The summed E-state index contributed by atoms with van der Waals surface area (Å²) in [5.41, 5.74) is 5.62. The van der Waals surface area contributed by atoms with Gasteiger partial charge in [0.05, 0.1) is 0 Å². The molecule has 0 aliphatic heterocycles. The highest BCUT2D eigenvalue weighted by Crippen LogP contribution is 2.26. The van der Waals surface area contributed by atoms with Gasteiger partial charge in [0.1, 0.15) is 0 Å². The van der Waals surface area contributed by atoms with E-state index in [0.717, 1.165) is 16.4 Å². The summed E-state index contributed by atoms with van der Waals surface area (Å²) in [6, 6.07) is 0. The van der Waals surface area contributed by atoms with Gasteiger partial charge in [-0.15, -0.1) is 0 Å². The second-order valence-electron chi connectivity index (χ2n) is 3.78. The van der Waals surface area contributed by atoms with Crippen molar-refractivity contribution in [3.05, 3.63) is 0 Å². The van der Waals surface area contributed by atoms with Gasteiger partial charge in [0.15, 0.2) is 0 Å². The summed E-state index contributed by atoms with van der Waals surface area (Å²) in [7, 11) is 0. The van der Waals surface area contributed by atoms with E-state index in [2.05, 4.69) is 36.4 Å². The monoisotopic (exact) mass is 297 g/mol. The number of hydrogen-bond donors (Lipinski definition) is 1. The van der Waals surface area contributed by atoms with Crippen LogP contribution in [0.3, 0.4) is 0 Å². The second kappa shape index (κ2) is 9.25. The first-order chi connectivity index (χ1) is 6.26. The van der Waals surface area contributed by atoms with Crippen molar-refractivity contribution in [2.45, 2.75) is 56.3 Å². The van der Waals surface area contributed by atoms with Crippen molar-refractivity contribution in [2.75, 3.05) is 6.54 Å². The lowest BCUT2D eigenvalue weighted by atomic mass is 9.93. The van der Waals surface area contributed by atoms with Crippen molar-refractivity contribution >= 4 is 22.6 Å². The van der Waals surface area contributed by atoms with Crippen molar-refractivity contribution in [1.82, 2.24) is 0 Å². The van der Waals surface area contributed by atoms with Crippen LogP contribution in [0, 0.1) is 5.92 Å². The summed E-state index contributed by atoms with van der Waals surface area (Å²) in [6.07, 6.45) is 7.94. The minimum atomic E-state index is 0.848. The standard InChI is InChI=1S/C11H24IN/c1-3-5-7-11(12)10(6-4-2)8-9-13/h10-11H,3-9,13H2,1-2H3. The van der Waals surface area contributed by atoms with Crippen LogP contribution >= 0.6 is 22.6 Å². The van der Waals surface area contributed by atoms with Gasteiger partial charge in [-0.3, -0.25) is 0 Å². The smallest absolute Gasteiger partial charge is 0.0138 e. The lowest BCUT2D eigenvalue weighted by Crippen LogP contribution is -2.18. The van der Waals surface area contributed by atoms with E-state index in [1.165, 1.54) is 38.5 Å². The summed E-state index contributed by atoms with van der Waals surface area (Å²) < 4.78 is 0.848. The number of rotatable bonds is 8. The Morgan fingerprint density at radius 2 is 1.77 bits per heavy atom. The fourth-order valence-corrected chi connectivity index (χ4v) is 2.89. The van der Waals surface area contributed by atoms with Gasteiger partial charge in [-0.1, -0.05) is 55.7 Å². The Kier molecular flexibility index (Phi) is 9.74. The lowest BCUT2D eigenvalue weighted by Gasteiger charge is -2.21. The van der Waals surface area contributed by atoms with Crippen LogP contribution in [0.5, 0.6) is 0 Å². The fraction of sp³-hybridized carbons (Fsp3) is 1.00. The average molecular weight is 297 g/mol. The Balaban J connectivity index is 3.72. The van der Waals surface area contributed by atoms with Gasteiger partial charge in [0, 0.05) is 3.92 Å². The molecule has 0 spiro atoms. The van der Waals surface area contributed by atoms with E-state index in [9.17, 15) is 0 Å². The molecule has 0 aromatic rings. The van der Waals surface area contributed by atoms with Crippen LogP contribution in [0.1, 0.15) is 52.4 Å². The van der Waals surface area contributed by atoms with Gasteiger partial charge in [0.25, 0.3) is 0 Å². The molecule has 80 valence electrons. The van der Waals surface area contributed by atoms with Crippen LogP contribution in [-0.4, -0.2) is 10.5 Å². The summed E-state index contributed by atoms with van der Waals surface area (Å²) in [5.74, 6) is 0.863. The predicted octanol–water partition coefficient (Wildman–Crippen LogP) is 3.75. The van der Waals surface area contributed by atoms with Crippen molar-refractivity contribution in [1.29, 1.82) is 0 Å². The highest BCUT2D eigenvalue weighted by molar-refractivity contribution is 14.1. The first-order valence-electron chi connectivity index (χ1n) is 5.60. The minimum absolute atomic E-state index is 0.848. The molecule has 0 fully saturated rings. The number of hydrogen-bond acceptors (Lipinski definition) is 1. The van der Waals surface area contributed by atoms with Crippen molar-refractivity contribution in [3.63, 3.8) is 0 Å². The Hall–Kier alpha value is 0.690. The molecule has 0 aliphatic rings. The van der Waals surface area contributed by atoms with Crippen LogP contribution in [0.2, 0.25) is 0 Å². The molecule has 1 nitrogen and oxygen atoms in total. The van der Waals surface area contributed by atoms with Crippen LogP contribution < -0.4 is 5.73 Å². The van der Waals surface area contributed by atoms with E-state index in [4.69, 9.17) is 5.73 Å². The predicted molar refractivity (Wildman–Crippen MR) is 69.4 cm³/mol. The third-order valence-corrected chi connectivity index (χ3v) is 4.18. The van der Waals surface area contributed by atoms with Gasteiger partial charge in [-0.05, 0) is 31.7 Å². The third kappa shape index (κ3) is 6.72. The highest BCUT2D eigenvalue weighted by atomic mass is 127. The molecule has 2 N–H and O–H groups in total. The molecule has 0 saturated heterocycles. The van der Waals surface area contributed by atoms with E-state index >= 15 is 0 Å². The molecule has 0 bridgehead atoms. The lowest BCUT2D eigenvalue weighted by molar-refractivity contribution is 0.426. The van der Waals surface area contributed by atoms with E-state index in [1.807, 2.05) is 0 Å². The summed E-state index contributed by atoms with van der Waals surface area (Å²) in [4.78, 5) is 0. The molecule has 0 aromatic heterocycles. The topological polar surface area (TPSA) is 26.0 Å². The molecule has 0 radical (unpaired) electrons. The first kappa shape index (κ1) is 13.7. The summed E-state index contributed by atoms with van der Waals surface area (Å²) in [6.45, 7) is 5.39. The fourth-order valence-electron chi connectivity index (χ4n) is 1.73. The largest absolute Gasteiger partial charge is 0.330 e. The van der Waals surface area contributed by atoms with E-state index in [-0.39, 0.29) is 0 Å². The maximum Gasteiger partial charge on any atom is 0.0138 e. The number of alkyl halides is 1. The zero-order valence-corrected chi connectivity index (χ0v) is 11.2. The molecular weight excluding hydrogens is 273 g/mol. The molecular formula is C11H24IN. The van der Waals surface area contributed by atoms with Gasteiger partial charge in [-0.2, -0.15) is 0 Å². The highest BCUT2D eigenvalue weighted by Gasteiger charge is 2.16. The SMILES string of the molecule is CCCCC(I)C(CCC)CCN. The molecule has 0 aliphatic carbocycles. The van der Waals surface area contributed by atoms with Crippen LogP contribution in [0.15, 0.2) is 0 Å². The molecule has 13 heavy (non-hydrogen) atoms. The Morgan fingerprint density at radius 3 is 2.23 bits per heavy atom. The second-order valence-corrected chi connectivity index (χ2v) is 5.38. The quantitative estimate of drug-likeness (QED) is 0.536. The van der Waals surface area contributed by atoms with Gasteiger partial charge in [0.2, 0.25) is 0 Å². The molecule has 0 rings (SSSR count). The molecule has 2 heteroatoms. The number of unbranched alkanes of at least 4 members (excludes halogenated alkanes) is 1. The van der Waals surface area contributed by atoms with Gasteiger partial charge in [-0.25, -0.2) is 0 Å². The first-order valence-corrected chi connectivity index (χ1v) is 6.84. The zero-order valence-electron chi connectivity index (χ0n) is 9.06. The Morgan fingerprint density at radius 1 is 1.08 bits per heavy atom. The molecule has 2 atom stereocenters. The molecule has 0 saturated carbocycles. The van der Waals surface area contributed by atoms with E-state index in [0.29, 0.717) is 0 Å².